The molecule has 0 radical (unpaired) electrons. The Bertz CT molecular complexity index is 1490. The van der Waals surface area contributed by atoms with Gasteiger partial charge in [-0.3, -0.25) is 19.5 Å². The van der Waals surface area contributed by atoms with Gasteiger partial charge in [-0.25, -0.2) is 0 Å². The highest BCUT2D eigenvalue weighted by Crippen LogP contribution is 2.44. The van der Waals surface area contributed by atoms with Crippen LogP contribution in [-0.2, 0) is 20.8 Å². The van der Waals surface area contributed by atoms with Crippen LogP contribution >= 0.6 is 23.1 Å². The molecular formula is C29H26N4O3S2. The summed E-state index contributed by atoms with van der Waals surface area (Å²) in [6.45, 7) is 6.36. The zero-order valence-electron chi connectivity index (χ0n) is 21.2. The number of aliphatic hydroxyl groups excluding tert-OH is 1. The largest absolute Gasteiger partial charge is 0.507 e. The summed E-state index contributed by atoms with van der Waals surface area (Å²) in [5.41, 5.74) is 3.31. The Balaban J connectivity index is 1.56. The molecule has 192 valence electrons. The number of aliphatic hydroxyl groups is 1. The Morgan fingerprint density at radius 3 is 2.32 bits per heavy atom. The van der Waals surface area contributed by atoms with Gasteiger partial charge in [0.05, 0.1) is 11.6 Å². The number of aromatic nitrogens is 3. The second kappa shape index (κ2) is 10.5. The Kier molecular flexibility index (Phi) is 7.14. The molecular weight excluding hydrogens is 516 g/mol. The van der Waals surface area contributed by atoms with E-state index in [0.29, 0.717) is 26.4 Å². The highest BCUT2D eigenvalue weighted by molar-refractivity contribution is 8.00. The lowest BCUT2D eigenvalue weighted by molar-refractivity contribution is -0.132. The fraction of sp³-hybridized carbons (Fsp3) is 0.207. The fourth-order valence-electron chi connectivity index (χ4n) is 4.25. The van der Waals surface area contributed by atoms with E-state index in [1.54, 1.807) is 12.1 Å². The number of carbonyl (C=O) groups excluding carboxylic acids is 2. The zero-order chi connectivity index (χ0) is 26.9. The van der Waals surface area contributed by atoms with E-state index in [1.165, 1.54) is 40.4 Å². The molecule has 1 amide bonds. The normalized spacial score (nSPS) is 17.2. The van der Waals surface area contributed by atoms with Crippen molar-refractivity contribution >= 4 is 45.7 Å². The van der Waals surface area contributed by atoms with Crippen LogP contribution in [0.3, 0.4) is 0 Å². The van der Waals surface area contributed by atoms with Crippen molar-refractivity contribution in [3.63, 3.8) is 0 Å². The van der Waals surface area contributed by atoms with Gasteiger partial charge >= 0.3 is 5.91 Å². The van der Waals surface area contributed by atoms with Gasteiger partial charge in [0.1, 0.15) is 5.76 Å². The number of ketones is 1. The van der Waals surface area contributed by atoms with Gasteiger partial charge in [-0.15, -0.1) is 10.2 Å². The lowest BCUT2D eigenvalue weighted by Crippen LogP contribution is -2.29. The van der Waals surface area contributed by atoms with Crippen LogP contribution in [0.15, 0.2) is 89.0 Å². The van der Waals surface area contributed by atoms with Crippen LogP contribution in [0.5, 0.6) is 0 Å². The van der Waals surface area contributed by atoms with Crippen LogP contribution < -0.4 is 4.90 Å². The number of amides is 1. The Hall–Kier alpha value is -3.82. The molecule has 1 aliphatic rings. The minimum Gasteiger partial charge on any atom is -0.507 e. The highest BCUT2D eigenvalue weighted by atomic mass is 32.2. The summed E-state index contributed by atoms with van der Waals surface area (Å²) in [6, 6.07) is 20.1. The van der Waals surface area contributed by atoms with E-state index in [2.05, 4.69) is 36.0 Å². The van der Waals surface area contributed by atoms with Crippen LogP contribution in [0.1, 0.15) is 49.1 Å². The van der Waals surface area contributed by atoms with Crippen molar-refractivity contribution in [1.82, 2.24) is 15.2 Å². The number of hydrogen-bond donors (Lipinski definition) is 1. The van der Waals surface area contributed by atoms with E-state index in [1.807, 2.05) is 54.6 Å². The first-order valence-electron chi connectivity index (χ1n) is 12.1. The van der Waals surface area contributed by atoms with E-state index >= 15 is 0 Å². The van der Waals surface area contributed by atoms with Gasteiger partial charge in [-0.05, 0) is 34.2 Å². The quantitative estimate of drug-likeness (QED) is 0.103. The lowest BCUT2D eigenvalue weighted by Gasteiger charge is -2.24. The maximum absolute atomic E-state index is 13.4. The number of thioether (sulfide) groups is 1. The number of nitrogens with zero attached hydrogens (tertiary/aromatic N) is 4. The van der Waals surface area contributed by atoms with Crippen molar-refractivity contribution in [2.45, 2.75) is 42.3 Å². The number of anilines is 1. The first kappa shape index (κ1) is 25.8. The Morgan fingerprint density at radius 1 is 0.974 bits per heavy atom. The summed E-state index contributed by atoms with van der Waals surface area (Å²) in [5, 5.41) is 20.1. The molecule has 0 aliphatic carbocycles. The van der Waals surface area contributed by atoms with Crippen LogP contribution in [0, 0.1) is 0 Å². The molecule has 0 spiro atoms. The maximum atomic E-state index is 13.4. The molecule has 1 N–H and O–H groups in total. The SMILES string of the molecule is CC(C)(C)c1ccc(C2C(=C(O)c3ccncc3)C(=O)C(=O)N2c2nnc(SCc3ccccc3)s2)cc1. The summed E-state index contributed by atoms with van der Waals surface area (Å²) in [6.07, 6.45) is 3.05. The van der Waals surface area contributed by atoms with Crippen LogP contribution in [0.2, 0.25) is 0 Å². The van der Waals surface area contributed by atoms with Crippen molar-refractivity contribution in [3.05, 3.63) is 107 Å². The van der Waals surface area contributed by atoms with Crippen molar-refractivity contribution < 1.29 is 14.7 Å². The number of Topliss-reactive ketones (excluding diaryl/α,β-unsaturated/α-hetero) is 1. The van der Waals surface area contributed by atoms with Gasteiger partial charge in [-0.1, -0.05) is 98.5 Å². The molecule has 1 fully saturated rings. The predicted octanol–water partition coefficient (Wildman–Crippen LogP) is 6.15. The van der Waals surface area contributed by atoms with E-state index in [0.717, 1.165) is 11.1 Å². The Morgan fingerprint density at radius 2 is 1.66 bits per heavy atom. The molecule has 9 heteroatoms. The second-order valence-electron chi connectivity index (χ2n) is 9.90. The van der Waals surface area contributed by atoms with Gasteiger partial charge < -0.3 is 5.11 Å². The van der Waals surface area contributed by atoms with Gasteiger partial charge in [0.2, 0.25) is 5.13 Å². The minimum absolute atomic E-state index is 0.0124. The average molecular weight is 543 g/mol. The van der Waals surface area contributed by atoms with E-state index < -0.39 is 17.7 Å². The third kappa shape index (κ3) is 5.12. The van der Waals surface area contributed by atoms with Crippen molar-refractivity contribution in [2.75, 3.05) is 4.90 Å². The molecule has 3 heterocycles. The monoisotopic (exact) mass is 542 g/mol. The molecule has 1 atom stereocenters. The van der Waals surface area contributed by atoms with Crippen molar-refractivity contribution in [3.8, 4) is 0 Å². The van der Waals surface area contributed by atoms with Crippen LogP contribution in [-0.4, -0.2) is 32.0 Å². The third-order valence-electron chi connectivity index (χ3n) is 6.30. The van der Waals surface area contributed by atoms with Crippen molar-refractivity contribution in [2.24, 2.45) is 0 Å². The number of benzene rings is 2. The summed E-state index contributed by atoms with van der Waals surface area (Å²) >= 11 is 2.76. The molecule has 1 unspecified atom stereocenters. The standard InChI is InChI=1S/C29H26N4O3S2/c1-29(2,3)21-11-9-19(10-12-21)23-22(24(34)20-13-15-30-16-14-20)25(35)26(36)33(23)27-31-32-28(38-27)37-17-18-7-5-4-6-8-18/h4-16,23,34H,17H2,1-3H3. The van der Waals surface area contributed by atoms with Gasteiger partial charge in [0, 0.05) is 23.7 Å². The molecule has 5 rings (SSSR count). The highest BCUT2D eigenvalue weighted by Gasteiger charge is 2.48. The number of hydrogen-bond acceptors (Lipinski definition) is 8. The third-order valence-corrected chi connectivity index (χ3v) is 8.42. The summed E-state index contributed by atoms with van der Waals surface area (Å²) in [5.74, 6) is -1.06. The fourth-order valence-corrected chi connectivity index (χ4v) is 6.08. The van der Waals surface area contributed by atoms with Crippen molar-refractivity contribution in [1.29, 1.82) is 0 Å². The molecule has 1 aliphatic heterocycles. The first-order chi connectivity index (χ1) is 18.2. The second-order valence-corrected chi connectivity index (χ2v) is 12.1. The van der Waals surface area contributed by atoms with E-state index in [9.17, 15) is 14.7 Å². The molecule has 2 aromatic carbocycles. The lowest BCUT2D eigenvalue weighted by atomic mass is 9.85. The van der Waals surface area contributed by atoms with Gasteiger partial charge in [0.25, 0.3) is 5.78 Å². The molecule has 4 aromatic rings. The molecule has 7 nitrogen and oxygen atoms in total. The van der Waals surface area contributed by atoms with Gasteiger partial charge in [-0.2, -0.15) is 0 Å². The van der Waals surface area contributed by atoms with Crippen LogP contribution in [0.4, 0.5) is 5.13 Å². The molecule has 0 bridgehead atoms. The number of pyridine rings is 1. The average Bonchev–Trinajstić information content (AvgIpc) is 3.50. The Labute approximate surface area is 229 Å². The molecule has 2 aromatic heterocycles. The summed E-state index contributed by atoms with van der Waals surface area (Å²) in [7, 11) is 0. The summed E-state index contributed by atoms with van der Waals surface area (Å²) < 4.78 is 0.682. The molecule has 0 saturated carbocycles. The predicted molar refractivity (Wildman–Crippen MR) is 150 cm³/mol. The zero-order valence-corrected chi connectivity index (χ0v) is 22.8. The molecule has 38 heavy (non-hydrogen) atoms. The van der Waals surface area contributed by atoms with Crippen LogP contribution in [0.25, 0.3) is 5.76 Å². The van der Waals surface area contributed by atoms with Gasteiger partial charge in [0.15, 0.2) is 4.34 Å². The maximum Gasteiger partial charge on any atom is 0.301 e. The minimum atomic E-state index is -0.850. The number of rotatable bonds is 6. The first-order valence-corrected chi connectivity index (χ1v) is 13.9. The smallest absolute Gasteiger partial charge is 0.301 e. The number of carbonyl (C=O) groups is 2. The topological polar surface area (TPSA) is 96.3 Å². The summed E-state index contributed by atoms with van der Waals surface area (Å²) in [4.78, 5) is 32.1. The van der Waals surface area contributed by atoms with E-state index in [-0.39, 0.29) is 16.7 Å². The van der Waals surface area contributed by atoms with E-state index in [4.69, 9.17) is 0 Å². The molecule has 1 saturated heterocycles.